The number of primary amides is 1. The van der Waals surface area contributed by atoms with Gasteiger partial charge in [-0.3, -0.25) is 4.79 Å². The van der Waals surface area contributed by atoms with Crippen molar-refractivity contribution in [2.45, 2.75) is 25.2 Å². The molecule has 1 amide bonds. The van der Waals surface area contributed by atoms with E-state index in [-0.39, 0.29) is 30.0 Å². The van der Waals surface area contributed by atoms with E-state index in [0.717, 1.165) is 31.5 Å². The molecule has 6 heteroatoms. The molecule has 114 valence electrons. The molecule has 1 saturated heterocycles. The first-order valence-electron chi connectivity index (χ1n) is 6.80. The average Bonchev–Trinajstić information content (AvgIpc) is 2.45. The van der Waals surface area contributed by atoms with Crippen molar-refractivity contribution in [3.63, 3.8) is 0 Å². The SMILES string of the molecule is Cl.N#Cc1cc(F)ccc1C1CCN(CCC(N)=O)CC1. The molecule has 0 unspecified atom stereocenters. The zero-order valence-electron chi connectivity index (χ0n) is 11.7. The molecule has 1 heterocycles. The van der Waals surface area contributed by atoms with Crippen LogP contribution in [0.15, 0.2) is 18.2 Å². The number of amides is 1. The number of hydrogen-bond acceptors (Lipinski definition) is 3. The predicted molar refractivity (Wildman–Crippen MR) is 80.6 cm³/mol. The number of carbonyl (C=O) groups is 1. The number of halogens is 2. The Morgan fingerprint density at radius 2 is 2.10 bits per heavy atom. The zero-order valence-corrected chi connectivity index (χ0v) is 12.5. The molecule has 1 aliphatic heterocycles. The summed E-state index contributed by atoms with van der Waals surface area (Å²) >= 11 is 0. The lowest BCUT2D eigenvalue weighted by Gasteiger charge is -2.32. The van der Waals surface area contributed by atoms with Gasteiger partial charge in [0.2, 0.25) is 5.91 Å². The monoisotopic (exact) mass is 311 g/mol. The van der Waals surface area contributed by atoms with Crippen molar-refractivity contribution in [2.75, 3.05) is 19.6 Å². The summed E-state index contributed by atoms with van der Waals surface area (Å²) in [5.41, 5.74) is 6.51. The maximum atomic E-state index is 13.1. The highest BCUT2D eigenvalue weighted by atomic mass is 35.5. The van der Waals surface area contributed by atoms with Crippen LogP contribution in [0.4, 0.5) is 4.39 Å². The van der Waals surface area contributed by atoms with Crippen molar-refractivity contribution in [2.24, 2.45) is 5.73 Å². The normalized spacial score (nSPS) is 16.0. The summed E-state index contributed by atoms with van der Waals surface area (Å²) in [6.45, 7) is 2.44. The van der Waals surface area contributed by atoms with E-state index in [1.54, 1.807) is 6.07 Å². The molecule has 0 spiro atoms. The molecule has 0 bridgehead atoms. The van der Waals surface area contributed by atoms with Crippen LogP contribution in [0.1, 0.15) is 36.3 Å². The zero-order chi connectivity index (χ0) is 14.5. The largest absolute Gasteiger partial charge is 0.370 e. The van der Waals surface area contributed by atoms with Gasteiger partial charge in [0, 0.05) is 13.0 Å². The topological polar surface area (TPSA) is 70.1 Å². The first-order valence-corrected chi connectivity index (χ1v) is 6.80. The second kappa shape index (κ2) is 7.96. The van der Waals surface area contributed by atoms with Crippen LogP contribution in [-0.4, -0.2) is 30.4 Å². The van der Waals surface area contributed by atoms with Gasteiger partial charge >= 0.3 is 0 Å². The fourth-order valence-electron chi connectivity index (χ4n) is 2.72. The van der Waals surface area contributed by atoms with Gasteiger partial charge in [-0.05, 0) is 49.5 Å². The molecule has 21 heavy (non-hydrogen) atoms. The number of piperidine rings is 1. The van der Waals surface area contributed by atoms with Crippen LogP contribution in [0, 0.1) is 17.1 Å². The van der Waals surface area contributed by atoms with E-state index in [9.17, 15) is 9.18 Å². The van der Waals surface area contributed by atoms with Crippen molar-refractivity contribution in [1.29, 1.82) is 5.26 Å². The fourth-order valence-corrected chi connectivity index (χ4v) is 2.72. The van der Waals surface area contributed by atoms with E-state index >= 15 is 0 Å². The summed E-state index contributed by atoms with van der Waals surface area (Å²) in [7, 11) is 0. The highest BCUT2D eigenvalue weighted by molar-refractivity contribution is 5.85. The third kappa shape index (κ3) is 4.69. The summed E-state index contributed by atoms with van der Waals surface area (Å²) < 4.78 is 13.1. The maximum absolute atomic E-state index is 13.1. The standard InChI is InChI=1S/C15H18FN3O.ClH/c16-13-1-2-14(12(9-13)10-17)11-3-6-19(7-4-11)8-5-15(18)20;/h1-2,9,11H,3-8H2,(H2,18,20);1H. The first-order chi connectivity index (χ1) is 9.60. The Morgan fingerprint density at radius 1 is 1.43 bits per heavy atom. The molecule has 0 atom stereocenters. The predicted octanol–water partition coefficient (Wildman–Crippen LogP) is 2.17. The van der Waals surface area contributed by atoms with Gasteiger partial charge in [-0.15, -0.1) is 12.4 Å². The van der Waals surface area contributed by atoms with Crippen LogP contribution in [0.2, 0.25) is 0 Å². The maximum Gasteiger partial charge on any atom is 0.218 e. The fraction of sp³-hybridized carbons (Fsp3) is 0.467. The van der Waals surface area contributed by atoms with E-state index in [1.807, 2.05) is 0 Å². The van der Waals surface area contributed by atoms with Crippen molar-refractivity contribution >= 4 is 18.3 Å². The highest BCUT2D eigenvalue weighted by Crippen LogP contribution is 2.30. The second-order valence-electron chi connectivity index (χ2n) is 5.18. The summed E-state index contributed by atoms with van der Waals surface area (Å²) in [6.07, 6.45) is 2.21. The van der Waals surface area contributed by atoms with E-state index < -0.39 is 0 Å². The summed E-state index contributed by atoms with van der Waals surface area (Å²) in [5, 5.41) is 9.09. The summed E-state index contributed by atoms with van der Waals surface area (Å²) in [6, 6.07) is 6.50. The Morgan fingerprint density at radius 3 is 2.67 bits per heavy atom. The number of nitriles is 1. The Bertz CT molecular complexity index is 536. The Hall–Kier alpha value is -1.64. The van der Waals surface area contributed by atoms with Crippen molar-refractivity contribution < 1.29 is 9.18 Å². The second-order valence-corrected chi connectivity index (χ2v) is 5.18. The quantitative estimate of drug-likeness (QED) is 0.926. The van der Waals surface area contributed by atoms with Crippen LogP contribution >= 0.6 is 12.4 Å². The van der Waals surface area contributed by atoms with Crippen LogP contribution in [-0.2, 0) is 4.79 Å². The third-order valence-corrected chi connectivity index (χ3v) is 3.84. The van der Waals surface area contributed by atoms with Crippen molar-refractivity contribution in [3.8, 4) is 6.07 Å². The molecule has 0 radical (unpaired) electrons. The average molecular weight is 312 g/mol. The molecular formula is C15H19ClFN3O. The van der Waals surface area contributed by atoms with E-state index in [0.29, 0.717) is 18.5 Å². The van der Waals surface area contributed by atoms with Gasteiger partial charge in [-0.1, -0.05) is 6.07 Å². The Labute approximate surface area is 130 Å². The van der Waals surface area contributed by atoms with Gasteiger partial charge < -0.3 is 10.6 Å². The molecule has 0 aliphatic carbocycles. The minimum absolute atomic E-state index is 0. The molecular weight excluding hydrogens is 293 g/mol. The molecule has 1 aromatic carbocycles. The molecule has 2 N–H and O–H groups in total. The van der Waals surface area contributed by atoms with Gasteiger partial charge in [0.25, 0.3) is 0 Å². The molecule has 0 aromatic heterocycles. The molecule has 1 aliphatic rings. The third-order valence-electron chi connectivity index (χ3n) is 3.84. The molecule has 0 saturated carbocycles. The summed E-state index contributed by atoms with van der Waals surface area (Å²) in [4.78, 5) is 13.0. The van der Waals surface area contributed by atoms with Crippen molar-refractivity contribution in [1.82, 2.24) is 4.90 Å². The van der Waals surface area contributed by atoms with E-state index in [1.165, 1.54) is 12.1 Å². The molecule has 4 nitrogen and oxygen atoms in total. The van der Waals surface area contributed by atoms with Crippen LogP contribution in [0.3, 0.4) is 0 Å². The minimum Gasteiger partial charge on any atom is -0.370 e. The van der Waals surface area contributed by atoms with E-state index in [2.05, 4.69) is 11.0 Å². The van der Waals surface area contributed by atoms with Crippen molar-refractivity contribution in [3.05, 3.63) is 35.1 Å². The number of likely N-dealkylation sites (tertiary alicyclic amines) is 1. The number of nitrogens with zero attached hydrogens (tertiary/aromatic N) is 2. The van der Waals surface area contributed by atoms with Crippen LogP contribution in [0.5, 0.6) is 0 Å². The Kier molecular flexibility index (Phi) is 6.60. The molecule has 2 rings (SSSR count). The lowest BCUT2D eigenvalue weighted by Crippen LogP contribution is -2.35. The number of hydrogen-bond donors (Lipinski definition) is 1. The smallest absolute Gasteiger partial charge is 0.218 e. The molecule has 1 fully saturated rings. The minimum atomic E-state index is -0.371. The first kappa shape index (κ1) is 17.4. The van der Waals surface area contributed by atoms with Crippen LogP contribution < -0.4 is 5.73 Å². The van der Waals surface area contributed by atoms with E-state index in [4.69, 9.17) is 11.0 Å². The number of nitrogens with two attached hydrogens (primary N) is 1. The number of rotatable bonds is 4. The number of carbonyl (C=O) groups excluding carboxylic acids is 1. The highest BCUT2D eigenvalue weighted by Gasteiger charge is 2.22. The van der Waals surface area contributed by atoms with Gasteiger partial charge in [0.1, 0.15) is 5.82 Å². The molecule has 1 aromatic rings. The Balaban J connectivity index is 0.00000220. The lowest BCUT2D eigenvalue weighted by atomic mass is 9.86. The summed E-state index contributed by atoms with van der Waals surface area (Å²) in [5.74, 6) is -0.364. The lowest BCUT2D eigenvalue weighted by molar-refractivity contribution is -0.118. The van der Waals surface area contributed by atoms with Gasteiger partial charge in [0.15, 0.2) is 0 Å². The van der Waals surface area contributed by atoms with Gasteiger partial charge in [0.05, 0.1) is 11.6 Å². The van der Waals surface area contributed by atoms with Gasteiger partial charge in [-0.2, -0.15) is 5.26 Å². The van der Waals surface area contributed by atoms with Gasteiger partial charge in [-0.25, -0.2) is 4.39 Å². The number of benzene rings is 1. The van der Waals surface area contributed by atoms with Crippen LogP contribution in [0.25, 0.3) is 0 Å².